The molecule has 1 aromatic carbocycles. The van der Waals surface area contributed by atoms with Gasteiger partial charge >= 0.3 is 0 Å². The van der Waals surface area contributed by atoms with E-state index in [4.69, 9.17) is 9.96 Å². The Hall–Kier alpha value is -1.45. The second-order valence-electron chi connectivity index (χ2n) is 7.34. The second-order valence-corrected chi connectivity index (χ2v) is 12.1. The van der Waals surface area contributed by atoms with Crippen LogP contribution in [0, 0.1) is 0 Å². The Morgan fingerprint density at radius 1 is 1.33 bits per heavy atom. The standard InChI is InChI=1S/C16H25N3OSi/c1-16(2,3)21(4,5)20-13-10-9-12-7-6-8-15(18-19-17)14(12)11-13/h9-11,15H,6-8H2,1-5H3. The lowest BCUT2D eigenvalue weighted by Gasteiger charge is -2.37. The summed E-state index contributed by atoms with van der Waals surface area (Å²) < 4.78 is 6.36. The summed E-state index contributed by atoms with van der Waals surface area (Å²) in [5.41, 5.74) is 11.2. The molecular formula is C16H25N3OSi. The Balaban J connectivity index is 2.32. The summed E-state index contributed by atoms with van der Waals surface area (Å²) in [7, 11) is -1.83. The van der Waals surface area contributed by atoms with E-state index in [1.807, 2.05) is 0 Å². The SMILES string of the molecule is CC(C)(C)[Si](C)(C)Oc1ccc2c(c1)C(N=[N+]=[N-])CCC2. The molecule has 1 aliphatic carbocycles. The van der Waals surface area contributed by atoms with Crippen molar-refractivity contribution in [2.45, 2.75) is 64.2 Å². The van der Waals surface area contributed by atoms with Gasteiger partial charge in [0.1, 0.15) is 5.75 Å². The molecule has 0 spiro atoms. The van der Waals surface area contributed by atoms with Crippen LogP contribution in [0.3, 0.4) is 0 Å². The van der Waals surface area contributed by atoms with E-state index in [2.05, 4.69) is 62.1 Å². The van der Waals surface area contributed by atoms with E-state index < -0.39 is 8.32 Å². The minimum absolute atomic E-state index is 0.0401. The first-order valence-electron chi connectivity index (χ1n) is 7.60. The minimum atomic E-state index is -1.83. The van der Waals surface area contributed by atoms with Crippen molar-refractivity contribution >= 4 is 8.32 Å². The molecule has 0 saturated carbocycles. The van der Waals surface area contributed by atoms with E-state index in [-0.39, 0.29) is 11.1 Å². The van der Waals surface area contributed by atoms with Gasteiger partial charge in [0.2, 0.25) is 8.32 Å². The predicted octanol–water partition coefficient (Wildman–Crippen LogP) is 5.76. The fraction of sp³-hybridized carbons (Fsp3) is 0.625. The lowest BCUT2D eigenvalue weighted by Crippen LogP contribution is -2.43. The molecule has 1 unspecified atom stereocenters. The van der Waals surface area contributed by atoms with Crippen molar-refractivity contribution in [3.8, 4) is 5.75 Å². The molecule has 1 atom stereocenters. The topological polar surface area (TPSA) is 58.0 Å². The molecular weight excluding hydrogens is 278 g/mol. The zero-order valence-corrected chi connectivity index (χ0v) is 14.7. The van der Waals surface area contributed by atoms with E-state index in [9.17, 15) is 0 Å². The highest BCUT2D eigenvalue weighted by Gasteiger charge is 2.39. The number of hydrogen-bond acceptors (Lipinski definition) is 2. The summed E-state index contributed by atoms with van der Waals surface area (Å²) in [4.78, 5) is 2.99. The molecule has 114 valence electrons. The molecule has 0 aromatic heterocycles. The van der Waals surface area contributed by atoms with Crippen molar-refractivity contribution in [3.63, 3.8) is 0 Å². The molecule has 4 nitrogen and oxygen atoms in total. The van der Waals surface area contributed by atoms with Crippen molar-refractivity contribution in [3.05, 3.63) is 39.8 Å². The Morgan fingerprint density at radius 3 is 2.67 bits per heavy atom. The lowest BCUT2D eigenvalue weighted by molar-refractivity contribution is 0.488. The van der Waals surface area contributed by atoms with E-state index in [0.29, 0.717) is 0 Å². The summed E-state index contributed by atoms with van der Waals surface area (Å²) in [6.07, 6.45) is 3.08. The summed E-state index contributed by atoms with van der Waals surface area (Å²) >= 11 is 0. The average molecular weight is 303 g/mol. The van der Waals surface area contributed by atoms with Crippen molar-refractivity contribution in [1.82, 2.24) is 0 Å². The Morgan fingerprint density at radius 2 is 2.05 bits per heavy atom. The maximum atomic E-state index is 8.74. The van der Waals surface area contributed by atoms with E-state index >= 15 is 0 Å². The minimum Gasteiger partial charge on any atom is -0.543 e. The molecule has 1 aliphatic rings. The van der Waals surface area contributed by atoms with Crippen LogP contribution in [0.15, 0.2) is 23.3 Å². The highest BCUT2D eigenvalue weighted by atomic mass is 28.4. The average Bonchev–Trinajstić information content (AvgIpc) is 2.38. The van der Waals surface area contributed by atoms with Crippen LogP contribution in [-0.4, -0.2) is 8.32 Å². The molecule has 0 heterocycles. The third kappa shape index (κ3) is 3.42. The van der Waals surface area contributed by atoms with Gasteiger partial charge < -0.3 is 4.43 Å². The number of aryl methyl sites for hydroxylation is 1. The first kappa shape index (κ1) is 15.9. The smallest absolute Gasteiger partial charge is 0.250 e. The molecule has 2 rings (SSSR count). The van der Waals surface area contributed by atoms with E-state index in [1.165, 1.54) is 5.56 Å². The molecule has 0 aliphatic heterocycles. The molecule has 0 saturated heterocycles. The van der Waals surface area contributed by atoms with Gasteiger partial charge in [0.05, 0.1) is 6.04 Å². The van der Waals surface area contributed by atoms with Crippen LogP contribution in [-0.2, 0) is 6.42 Å². The normalized spacial score (nSPS) is 18.6. The maximum Gasteiger partial charge on any atom is 0.250 e. The zero-order valence-electron chi connectivity index (χ0n) is 13.7. The van der Waals surface area contributed by atoms with Crippen molar-refractivity contribution in [2.24, 2.45) is 5.11 Å². The second kappa shape index (κ2) is 5.74. The Kier molecular flexibility index (Phi) is 4.35. The van der Waals surface area contributed by atoms with Crippen molar-refractivity contribution in [2.75, 3.05) is 0 Å². The summed E-state index contributed by atoms with van der Waals surface area (Å²) in [6, 6.07) is 6.25. The van der Waals surface area contributed by atoms with Crippen LogP contribution in [0.2, 0.25) is 18.1 Å². The first-order valence-corrected chi connectivity index (χ1v) is 10.5. The van der Waals surface area contributed by atoms with E-state index in [0.717, 1.165) is 30.6 Å². The van der Waals surface area contributed by atoms with Gasteiger partial charge in [0.25, 0.3) is 0 Å². The van der Waals surface area contributed by atoms with Gasteiger partial charge in [-0.2, -0.15) is 0 Å². The van der Waals surface area contributed by atoms with Gasteiger partial charge in [-0.25, -0.2) is 0 Å². The highest BCUT2D eigenvalue weighted by Crippen LogP contribution is 2.39. The number of benzene rings is 1. The third-order valence-corrected chi connectivity index (χ3v) is 9.13. The molecule has 0 bridgehead atoms. The molecule has 0 N–H and O–H groups in total. The number of rotatable bonds is 3. The quantitative estimate of drug-likeness (QED) is 0.303. The van der Waals surface area contributed by atoms with Crippen LogP contribution < -0.4 is 4.43 Å². The molecule has 0 radical (unpaired) electrons. The third-order valence-electron chi connectivity index (χ3n) is 4.77. The highest BCUT2D eigenvalue weighted by molar-refractivity contribution is 6.74. The van der Waals surface area contributed by atoms with Crippen LogP contribution in [0.1, 0.15) is 50.8 Å². The van der Waals surface area contributed by atoms with Gasteiger partial charge in [0.15, 0.2) is 0 Å². The van der Waals surface area contributed by atoms with Crippen molar-refractivity contribution in [1.29, 1.82) is 0 Å². The largest absolute Gasteiger partial charge is 0.543 e. The van der Waals surface area contributed by atoms with Crippen LogP contribution in [0.5, 0.6) is 5.75 Å². The summed E-state index contributed by atoms with van der Waals surface area (Å²) in [6.45, 7) is 11.2. The zero-order chi connectivity index (χ0) is 15.7. The molecule has 0 fully saturated rings. The monoisotopic (exact) mass is 303 g/mol. The maximum absolute atomic E-state index is 8.74. The predicted molar refractivity (Wildman–Crippen MR) is 89.1 cm³/mol. The van der Waals surface area contributed by atoms with Gasteiger partial charge in [-0.1, -0.05) is 32.0 Å². The van der Waals surface area contributed by atoms with Crippen LogP contribution >= 0.6 is 0 Å². The van der Waals surface area contributed by atoms with Gasteiger partial charge in [-0.3, -0.25) is 0 Å². The summed E-state index contributed by atoms with van der Waals surface area (Å²) in [5.74, 6) is 0.917. The number of hydrogen-bond donors (Lipinski definition) is 0. The summed E-state index contributed by atoms with van der Waals surface area (Å²) in [5, 5.41) is 4.12. The van der Waals surface area contributed by atoms with Gasteiger partial charge in [0, 0.05) is 4.91 Å². The van der Waals surface area contributed by atoms with Crippen LogP contribution in [0.4, 0.5) is 0 Å². The molecule has 5 heteroatoms. The van der Waals surface area contributed by atoms with Gasteiger partial charge in [-0.05, 0) is 66.2 Å². The molecule has 21 heavy (non-hydrogen) atoms. The fourth-order valence-corrected chi connectivity index (χ4v) is 3.47. The fourth-order valence-electron chi connectivity index (χ4n) is 2.45. The van der Waals surface area contributed by atoms with Gasteiger partial charge in [-0.15, -0.1) is 0 Å². The lowest BCUT2D eigenvalue weighted by atomic mass is 9.88. The van der Waals surface area contributed by atoms with Crippen LogP contribution in [0.25, 0.3) is 10.4 Å². The number of azide groups is 1. The van der Waals surface area contributed by atoms with E-state index in [1.54, 1.807) is 0 Å². The number of fused-ring (bicyclic) bond motifs is 1. The molecule has 0 amide bonds. The molecule has 1 aromatic rings. The number of nitrogens with zero attached hydrogens (tertiary/aromatic N) is 3. The van der Waals surface area contributed by atoms with Crippen molar-refractivity contribution < 1.29 is 4.43 Å². The Bertz CT molecular complexity index is 571. The Labute approximate surface area is 128 Å². The first-order chi connectivity index (χ1) is 9.74.